The quantitative estimate of drug-likeness (QED) is 0.283. The fourth-order valence-electron chi connectivity index (χ4n) is 0.712. The van der Waals surface area contributed by atoms with Crippen molar-refractivity contribution in [2.45, 2.75) is 19.0 Å². The number of rotatable bonds is 7. The standard InChI is InChI=1S/C11H14O6/c1-4-8(12)16-10(14)6-7(3)11(15)17-9(13)5-2/h4-5,8-9,12-13H,1-3,6H2. The molecule has 0 aromatic rings. The molecule has 2 N–H and O–H groups in total. The van der Waals surface area contributed by atoms with E-state index in [1.165, 1.54) is 0 Å². The van der Waals surface area contributed by atoms with E-state index in [1.54, 1.807) is 0 Å². The number of ether oxygens (including phenoxy) is 2. The number of carbonyl (C=O) groups excluding carboxylic acids is 2. The Balaban J connectivity index is 4.16. The van der Waals surface area contributed by atoms with Crippen LogP contribution in [-0.4, -0.2) is 34.7 Å². The predicted octanol–water partition coefficient (Wildman–Crippen LogP) is 0.0279. The summed E-state index contributed by atoms with van der Waals surface area (Å²) in [5.41, 5.74) is -0.216. The van der Waals surface area contributed by atoms with Crippen LogP contribution in [0.2, 0.25) is 0 Å². The molecule has 2 unspecified atom stereocenters. The van der Waals surface area contributed by atoms with Gasteiger partial charge in [0.05, 0.1) is 6.42 Å². The average Bonchev–Trinajstić information content (AvgIpc) is 2.28. The van der Waals surface area contributed by atoms with Crippen molar-refractivity contribution < 1.29 is 29.3 Å². The summed E-state index contributed by atoms with van der Waals surface area (Å²) < 4.78 is 8.80. The van der Waals surface area contributed by atoms with Gasteiger partial charge in [0.1, 0.15) is 0 Å². The zero-order chi connectivity index (χ0) is 13.4. The largest absolute Gasteiger partial charge is 0.432 e. The number of carbonyl (C=O) groups is 2. The van der Waals surface area contributed by atoms with Crippen LogP contribution >= 0.6 is 0 Å². The molecule has 0 aromatic carbocycles. The van der Waals surface area contributed by atoms with Gasteiger partial charge < -0.3 is 19.7 Å². The summed E-state index contributed by atoms with van der Waals surface area (Å²) in [4.78, 5) is 22.3. The zero-order valence-corrected chi connectivity index (χ0v) is 9.17. The Morgan fingerprint density at radius 3 is 2.06 bits per heavy atom. The number of hydrogen-bond donors (Lipinski definition) is 2. The minimum Gasteiger partial charge on any atom is -0.432 e. The number of hydrogen-bond acceptors (Lipinski definition) is 6. The van der Waals surface area contributed by atoms with E-state index in [0.717, 1.165) is 12.2 Å². The molecule has 94 valence electrons. The van der Waals surface area contributed by atoms with Gasteiger partial charge in [-0.1, -0.05) is 19.7 Å². The molecule has 0 heterocycles. The second kappa shape index (κ2) is 7.37. The predicted molar refractivity (Wildman–Crippen MR) is 58.3 cm³/mol. The number of aliphatic hydroxyl groups excluding tert-OH is 2. The topological polar surface area (TPSA) is 93.1 Å². The third kappa shape index (κ3) is 6.29. The van der Waals surface area contributed by atoms with Crippen molar-refractivity contribution in [3.8, 4) is 0 Å². The lowest BCUT2D eigenvalue weighted by atomic mass is 10.2. The third-order valence-corrected chi connectivity index (χ3v) is 1.53. The molecule has 6 nitrogen and oxygen atoms in total. The minimum absolute atomic E-state index is 0.216. The van der Waals surface area contributed by atoms with Crippen molar-refractivity contribution in [3.05, 3.63) is 37.5 Å². The zero-order valence-electron chi connectivity index (χ0n) is 9.17. The monoisotopic (exact) mass is 242 g/mol. The van der Waals surface area contributed by atoms with Gasteiger partial charge in [0.15, 0.2) is 0 Å². The van der Waals surface area contributed by atoms with Gasteiger partial charge in [-0.15, -0.1) is 0 Å². The van der Waals surface area contributed by atoms with Gasteiger partial charge in [-0.3, -0.25) is 4.79 Å². The summed E-state index contributed by atoms with van der Waals surface area (Å²) in [6.07, 6.45) is -1.38. The van der Waals surface area contributed by atoms with Gasteiger partial charge >= 0.3 is 11.9 Å². The molecular formula is C11H14O6. The van der Waals surface area contributed by atoms with Crippen LogP contribution in [0.15, 0.2) is 37.5 Å². The molecule has 17 heavy (non-hydrogen) atoms. The van der Waals surface area contributed by atoms with E-state index in [4.69, 9.17) is 10.2 Å². The van der Waals surface area contributed by atoms with Crippen molar-refractivity contribution in [2.75, 3.05) is 0 Å². The average molecular weight is 242 g/mol. The first kappa shape index (κ1) is 15.1. The van der Waals surface area contributed by atoms with Crippen molar-refractivity contribution in [3.63, 3.8) is 0 Å². The van der Waals surface area contributed by atoms with E-state index in [1.807, 2.05) is 0 Å². The van der Waals surface area contributed by atoms with Crippen LogP contribution in [-0.2, 0) is 19.1 Å². The molecular weight excluding hydrogens is 228 g/mol. The molecule has 0 bridgehead atoms. The van der Waals surface area contributed by atoms with Gasteiger partial charge in [0.25, 0.3) is 0 Å². The summed E-state index contributed by atoms with van der Waals surface area (Å²) >= 11 is 0. The van der Waals surface area contributed by atoms with Crippen LogP contribution in [0.1, 0.15) is 6.42 Å². The molecule has 0 fully saturated rings. The maximum Gasteiger partial charge on any atom is 0.336 e. The number of aliphatic hydroxyl groups is 2. The van der Waals surface area contributed by atoms with Crippen molar-refractivity contribution in [1.82, 2.24) is 0 Å². The highest BCUT2D eigenvalue weighted by atomic mass is 16.6. The fourth-order valence-corrected chi connectivity index (χ4v) is 0.712. The molecule has 0 amide bonds. The van der Waals surface area contributed by atoms with E-state index in [2.05, 4.69) is 29.2 Å². The highest BCUT2D eigenvalue weighted by Crippen LogP contribution is 2.06. The minimum atomic E-state index is -1.46. The third-order valence-electron chi connectivity index (χ3n) is 1.53. The van der Waals surface area contributed by atoms with Gasteiger partial charge in [0.2, 0.25) is 12.6 Å². The molecule has 0 saturated heterocycles. The molecule has 6 heteroatoms. The smallest absolute Gasteiger partial charge is 0.336 e. The van der Waals surface area contributed by atoms with Crippen molar-refractivity contribution in [1.29, 1.82) is 0 Å². The fraction of sp³-hybridized carbons (Fsp3) is 0.273. The first-order chi connectivity index (χ1) is 7.90. The normalized spacial score (nSPS) is 13.1. The molecule has 2 atom stereocenters. The lowest BCUT2D eigenvalue weighted by Crippen LogP contribution is -2.20. The summed E-state index contributed by atoms with van der Waals surface area (Å²) in [5.74, 6) is -1.82. The van der Waals surface area contributed by atoms with Crippen molar-refractivity contribution in [2.24, 2.45) is 0 Å². The Morgan fingerprint density at radius 2 is 1.59 bits per heavy atom. The van der Waals surface area contributed by atoms with Crippen LogP contribution in [0.5, 0.6) is 0 Å². The molecule has 0 aromatic heterocycles. The summed E-state index contributed by atoms with van der Waals surface area (Å²) in [7, 11) is 0. The molecule has 0 saturated carbocycles. The molecule has 0 aliphatic heterocycles. The number of esters is 2. The summed E-state index contributed by atoms with van der Waals surface area (Å²) in [6.45, 7) is 9.67. The summed E-state index contributed by atoms with van der Waals surface area (Å²) in [6, 6.07) is 0. The van der Waals surface area contributed by atoms with Gasteiger partial charge in [-0.25, -0.2) is 4.79 Å². The lowest BCUT2D eigenvalue weighted by molar-refractivity contribution is -0.163. The van der Waals surface area contributed by atoms with Crippen LogP contribution in [0.4, 0.5) is 0 Å². The maximum atomic E-state index is 11.2. The Labute approximate surface area is 98.5 Å². The van der Waals surface area contributed by atoms with Gasteiger partial charge in [-0.05, 0) is 12.2 Å². The first-order valence-corrected chi connectivity index (χ1v) is 4.60. The van der Waals surface area contributed by atoms with Gasteiger partial charge in [0, 0.05) is 5.57 Å². The van der Waals surface area contributed by atoms with E-state index < -0.39 is 30.9 Å². The van der Waals surface area contributed by atoms with E-state index in [9.17, 15) is 9.59 Å². The second-order valence-electron chi connectivity index (χ2n) is 2.93. The SMILES string of the molecule is C=CC(O)OC(=O)CC(=C)C(=O)OC(O)C=C. The highest BCUT2D eigenvalue weighted by Gasteiger charge is 2.17. The van der Waals surface area contributed by atoms with Crippen LogP contribution in [0.3, 0.4) is 0 Å². The Hall–Kier alpha value is -1.92. The van der Waals surface area contributed by atoms with Crippen LogP contribution in [0, 0.1) is 0 Å². The van der Waals surface area contributed by atoms with E-state index in [0.29, 0.717) is 0 Å². The first-order valence-electron chi connectivity index (χ1n) is 4.60. The molecule has 0 rings (SSSR count). The highest BCUT2D eigenvalue weighted by molar-refractivity contribution is 5.93. The molecule has 0 spiro atoms. The second-order valence-corrected chi connectivity index (χ2v) is 2.93. The van der Waals surface area contributed by atoms with Crippen LogP contribution < -0.4 is 0 Å². The maximum absolute atomic E-state index is 11.2. The Bertz CT molecular complexity index is 333. The Kier molecular flexibility index (Phi) is 6.54. The van der Waals surface area contributed by atoms with Gasteiger partial charge in [-0.2, -0.15) is 0 Å². The molecule has 0 aliphatic carbocycles. The van der Waals surface area contributed by atoms with E-state index in [-0.39, 0.29) is 5.57 Å². The summed E-state index contributed by atoms with van der Waals surface area (Å²) in [5, 5.41) is 17.8. The van der Waals surface area contributed by atoms with Crippen molar-refractivity contribution >= 4 is 11.9 Å². The lowest BCUT2D eigenvalue weighted by Gasteiger charge is -2.10. The molecule has 0 aliphatic rings. The molecule has 0 radical (unpaired) electrons. The van der Waals surface area contributed by atoms with Crippen LogP contribution in [0.25, 0.3) is 0 Å². The van der Waals surface area contributed by atoms with E-state index >= 15 is 0 Å². The Morgan fingerprint density at radius 1 is 1.12 bits per heavy atom.